The van der Waals surface area contributed by atoms with Crippen molar-refractivity contribution in [3.05, 3.63) is 101 Å². The number of halogens is 2. The summed E-state index contributed by atoms with van der Waals surface area (Å²) in [5, 5.41) is 0. The zero-order chi connectivity index (χ0) is 21.6. The molecule has 1 aliphatic rings. The smallest absolute Gasteiger partial charge is 1.00 e. The van der Waals surface area contributed by atoms with E-state index in [0.717, 1.165) is 12.0 Å². The maximum Gasteiger partial charge on any atom is -1.00 e. The number of fused-ring (bicyclic) bond motifs is 3. The quantitative estimate of drug-likeness (QED) is 0.345. The van der Waals surface area contributed by atoms with Crippen molar-refractivity contribution in [3.8, 4) is 11.1 Å². The van der Waals surface area contributed by atoms with Gasteiger partial charge in [0.2, 0.25) is 0 Å². The largest absolute Gasteiger partial charge is 1.00 e. The Labute approximate surface area is 216 Å². The van der Waals surface area contributed by atoms with Crippen LogP contribution < -0.4 is 24.8 Å². The maximum atomic E-state index is 3.82. The average molecular weight is 529 g/mol. The molecular formula is C28H30Cl2Zr-2. The van der Waals surface area contributed by atoms with Crippen LogP contribution in [0, 0.1) is 13.0 Å². The van der Waals surface area contributed by atoms with E-state index in [2.05, 4.69) is 93.6 Å². The van der Waals surface area contributed by atoms with Gasteiger partial charge in [0.15, 0.2) is 0 Å². The van der Waals surface area contributed by atoms with Crippen molar-refractivity contribution in [3.63, 3.8) is 0 Å². The fourth-order valence-corrected chi connectivity index (χ4v) is 3.39. The van der Waals surface area contributed by atoms with Gasteiger partial charge in [0.1, 0.15) is 0 Å². The molecule has 0 saturated heterocycles. The molecule has 0 aromatic heterocycles. The van der Waals surface area contributed by atoms with Crippen LogP contribution in [-0.2, 0) is 36.1 Å². The van der Waals surface area contributed by atoms with Gasteiger partial charge < -0.3 is 24.8 Å². The summed E-state index contributed by atoms with van der Waals surface area (Å²) in [5.74, 6) is 0. The Morgan fingerprint density at radius 3 is 2.06 bits per heavy atom. The standard InChI is InChI=1S/C17H13.C10H15.CH2.2ClH.Zr/c1-3-12-5-7-14-11-15-8-6-13(4-2)10-17(15)16(14)9-12;1-8-5-6-9(7-8)10(2,3)4;;;;/h3-7,9-10H,1-2,11H2;5-7H,1-4H3;1H2;2*1H;/q2*-1;;;;+2/p-2. The van der Waals surface area contributed by atoms with E-state index in [0.29, 0.717) is 5.41 Å². The van der Waals surface area contributed by atoms with E-state index in [4.69, 9.17) is 0 Å². The molecule has 0 fully saturated rings. The first-order chi connectivity index (χ1) is 13.8. The van der Waals surface area contributed by atoms with Crippen LogP contribution >= 0.6 is 0 Å². The predicted molar refractivity (Wildman–Crippen MR) is 126 cm³/mol. The van der Waals surface area contributed by atoms with E-state index in [-0.39, 0.29) is 24.8 Å². The molecule has 0 unspecified atom stereocenters. The molecule has 0 spiro atoms. The predicted octanol–water partition coefficient (Wildman–Crippen LogP) is 1.33. The van der Waals surface area contributed by atoms with Crippen molar-refractivity contribution in [2.75, 3.05) is 0 Å². The van der Waals surface area contributed by atoms with Gasteiger partial charge in [0.05, 0.1) is 0 Å². The summed E-state index contributed by atoms with van der Waals surface area (Å²) >= 11 is 1.30. The summed E-state index contributed by atoms with van der Waals surface area (Å²) in [7, 11) is 0. The van der Waals surface area contributed by atoms with Crippen LogP contribution in [0.4, 0.5) is 0 Å². The molecule has 1 aliphatic carbocycles. The van der Waals surface area contributed by atoms with Crippen molar-refractivity contribution in [2.24, 2.45) is 0 Å². The van der Waals surface area contributed by atoms with Crippen LogP contribution in [0.25, 0.3) is 23.3 Å². The van der Waals surface area contributed by atoms with Crippen molar-refractivity contribution >= 4 is 16.4 Å². The molecule has 0 saturated carbocycles. The molecule has 0 N–H and O–H groups in total. The third-order valence-corrected chi connectivity index (χ3v) is 5.09. The Kier molecular flexibility index (Phi) is 12.6. The normalized spacial score (nSPS) is 10.5. The Morgan fingerprint density at radius 2 is 1.58 bits per heavy atom. The Bertz CT molecular complexity index is 951. The summed E-state index contributed by atoms with van der Waals surface area (Å²) in [6.45, 7) is 16.5. The number of hydrogen-bond donors (Lipinski definition) is 0. The third-order valence-electron chi connectivity index (χ3n) is 5.09. The Hall–Kier alpha value is -1.40. The minimum atomic E-state index is 0. The minimum absolute atomic E-state index is 0. The van der Waals surface area contributed by atoms with Crippen LogP contribution in [0.15, 0.2) is 61.7 Å². The minimum Gasteiger partial charge on any atom is -1.00 e. The van der Waals surface area contributed by atoms with E-state index in [1.165, 1.54) is 63.2 Å². The average Bonchev–Trinajstić information content (AvgIpc) is 3.32. The fraction of sp³-hybridized carbons (Fsp3) is 0.214. The van der Waals surface area contributed by atoms with Gasteiger partial charge in [-0.25, -0.2) is 6.07 Å². The Balaban J connectivity index is 0.000000560. The first kappa shape index (κ1) is 29.6. The van der Waals surface area contributed by atoms with Gasteiger partial charge >= 0.3 is 28.4 Å². The van der Waals surface area contributed by atoms with E-state index in [1.807, 2.05) is 18.2 Å². The van der Waals surface area contributed by atoms with Gasteiger partial charge in [-0.2, -0.15) is 47.0 Å². The molecule has 3 aromatic carbocycles. The van der Waals surface area contributed by atoms with E-state index in [1.54, 1.807) is 0 Å². The van der Waals surface area contributed by atoms with Crippen LogP contribution in [0.3, 0.4) is 0 Å². The number of hydrogen-bond acceptors (Lipinski definition) is 0. The summed E-state index contributed by atoms with van der Waals surface area (Å²) in [6.07, 6.45) is 4.74. The van der Waals surface area contributed by atoms with Crippen molar-refractivity contribution in [1.82, 2.24) is 0 Å². The molecule has 3 aromatic rings. The second-order valence-corrected chi connectivity index (χ2v) is 8.25. The monoisotopic (exact) mass is 526 g/mol. The zero-order valence-corrected chi connectivity index (χ0v) is 22.8. The first-order valence-electron chi connectivity index (χ1n) is 9.84. The summed E-state index contributed by atoms with van der Waals surface area (Å²) in [5.41, 5.74) is 10.7. The van der Waals surface area contributed by atoms with Crippen molar-refractivity contribution in [2.45, 2.75) is 39.5 Å². The van der Waals surface area contributed by atoms with Gasteiger partial charge in [-0.15, -0.1) is 23.8 Å². The molecular weight excluding hydrogens is 498 g/mol. The zero-order valence-electron chi connectivity index (χ0n) is 18.9. The number of aryl methyl sites for hydroxylation is 1. The van der Waals surface area contributed by atoms with Crippen molar-refractivity contribution in [1.29, 1.82) is 0 Å². The Morgan fingerprint density at radius 1 is 0.968 bits per heavy atom. The molecule has 0 aliphatic heterocycles. The third kappa shape index (κ3) is 7.60. The fourth-order valence-electron chi connectivity index (χ4n) is 3.39. The molecule has 0 amide bonds. The molecule has 4 rings (SSSR count). The van der Waals surface area contributed by atoms with E-state index in [9.17, 15) is 0 Å². The number of rotatable bonds is 2. The molecule has 0 atom stereocenters. The van der Waals surface area contributed by atoms with Crippen LogP contribution in [0.1, 0.15) is 54.2 Å². The van der Waals surface area contributed by atoms with E-state index >= 15 is 0 Å². The van der Waals surface area contributed by atoms with Crippen LogP contribution in [-0.4, -0.2) is 4.21 Å². The van der Waals surface area contributed by atoms with Gasteiger partial charge in [-0.3, -0.25) is 0 Å². The van der Waals surface area contributed by atoms with Crippen LogP contribution in [0.2, 0.25) is 0 Å². The maximum absolute atomic E-state index is 3.82. The molecule has 31 heavy (non-hydrogen) atoms. The van der Waals surface area contributed by atoms with Gasteiger partial charge in [0.25, 0.3) is 0 Å². The van der Waals surface area contributed by atoms with Crippen LogP contribution in [0.5, 0.6) is 0 Å². The molecule has 0 heterocycles. The summed E-state index contributed by atoms with van der Waals surface area (Å²) in [6, 6.07) is 20.7. The number of benzene rings is 2. The molecule has 0 radical (unpaired) electrons. The topological polar surface area (TPSA) is 0 Å². The summed E-state index contributed by atoms with van der Waals surface area (Å²) < 4.78 is 3.34. The van der Waals surface area contributed by atoms with Gasteiger partial charge in [-0.1, -0.05) is 75.1 Å². The van der Waals surface area contributed by atoms with Gasteiger partial charge in [-0.05, 0) is 12.0 Å². The molecule has 0 nitrogen and oxygen atoms in total. The van der Waals surface area contributed by atoms with Gasteiger partial charge in [0, 0.05) is 0 Å². The SMILES string of the molecule is C=Cc1c[c-]c2c(c1)-c1cc(C=C)ccc1C2.Cc1cc(C(C)(C)C)c[cH-]1.[CH2]=[Zr+2].[Cl-].[Cl-]. The molecule has 162 valence electrons. The first-order valence-corrected chi connectivity index (χ1v) is 11.6. The second kappa shape index (κ2) is 13.2. The van der Waals surface area contributed by atoms with E-state index < -0.39 is 0 Å². The van der Waals surface area contributed by atoms with Crippen molar-refractivity contribution < 1.29 is 49.0 Å². The molecule has 3 heteroatoms. The molecule has 0 bridgehead atoms. The second-order valence-electron chi connectivity index (χ2n) is 8.25. The summed E-state index contributed by atoms with van der Waals surface area (Å²) in [4.78, 5) is 0.